The number of nitrogens with two attached hydrogens (primary N) is 1. The molecule has 0 aliphatic carbocycles. The maximum absolute atomic E-state index is 11.1. The first-order chi connectivity index (χ1) is 5.83. The van der Waals surface area contributed by atoms with Crippen molar-refractivity contribution in [2.45, 2.75) is 12.8 Å². The first-order valence-corrected chi connectivity index (χ1v) is 5.77. The molecule has 0 saturated heterocycles. The van der Waals surface area contributed by atoms with Crippen LogP contribution in [0.25, 0.3) is 0 Å². The Hall–Kier alpha value is -0.690. The van der Waals surface area contributed by atoms with Crippen molar-refractivity contribution in [3.63, 3.8) is 0 Å². The van der Waals surface area contributed by atoms with Gasteiger partial charge in [-0.3, -0.25) is 4.79 Å². The van der Waals surface area contributed by atoms with Crippen LogP contribution in [0.15, 0.2) is 0 Å². The molecule has 0 atom stereocenters. The topological polar surface area (TPSA) is 97.5 Å². The molecule has 0 heterocycles. The Kier molecular flexibility index (Phi) is 4.86. The van der Waals surface area contributed by atoms with E-state index in [0.29, 0.717) is 0 Å². The van der Waals surface area contributed by atoms with E-state index in [1.165, 1.54) is 0 Å². The zero-order chi connectivity index (χ0) is 10.5. The number of carbonyl (C=O) groups is 1. The normalized spacial score (nSPS) is 11.1. The molecule has 76 valence electrons. The lowest BCUT2D eigenvalue weighted by atomic mass is 10.3. The lowest BCUT2D eigenvalue weighted by molar-refractivity contribution is -0.137. The maximum atomic E-state index is 11.1. The van der Waals surface area contributed by atoms with E-state index in [-0.39, 0.29) is 29.3 Å². The summed E-state index contributed by atoms with van der Waals surface area (Å²) in [7, 11) is -3.31. The van der Waals surface area contributed by atoms with Gasteiger partial charge in [-0.1, -0.05) is 12.2 Å². The van der Waals surface area contributed by atoms with Crippen LogP contribution >= 0.6 is 12.2 Å². The van der Waals surface area contributed by atoms with Crippen molar-refractivity contribution in [3.05, 3.63) is 0 Å². The minimum Gasteiger partial charge on any atom is -0.481 e. The van der Waals surface area contributed by atoms with Gasteiger partial charge in [0.05, 0.1) is 10.7 Å². The number of sulfone groups is 1. The number of carboxylic acid groups (broad SMARTS) is 1. The molecule has 3 N–H and O–H groups in total. The largest absolute Gasteiger partial charge is 0.481 e. The van der Waals surface area contributed by atoms with Gasteiger partial charge in [0.1, 0.15) is 5.75 Å². The Labute approximate surface area is 81.8 Å². The third-order valence-electron chi connectivity index (χ3n) is 1.21. The minimum absolute atomic E-state index is 0.0877. The molecule has 0 aromatic carbocycles. The number of hydrogen-bond donors (Lipinski definition) is 2. The second-order valence-corrected chi connectivity index (χ2v) is 5.26. The highest BCUT2D eigenvalue weighted by Gasteiger charge is 2.12. The molecule has 0 aliphatic heterocycles. The summed E-state index contributed by atoms with van der Waals surface area (Å²) in [6.45, 7) is 0. The average molecular weight is 225 g/mol. The van der Waals surface area contributed by atoms with E-state index in [4.69, 9.17) is 10.8 Å². The van der Waals surface area contributed by atoms with E-state index in [9.17, 15) is 13.2 Å². The smallest absolute Gasteiger partial charge is 0.303 e. The molecule has 0 rings (SSSR count). The van der Waals surface area contributed by atoms with Crippen LogP contribution in [-0.4, -0.2) is 36.0 Å². The molecular formula is C6H11NO4S2. The van der Waals surface area contributed by atoms with Gasteiger partial charge >= 0.3 is 5.97 Å². The molecule has 0 saturated carbocycles. The van der Waals surface area contributed by atoms with Gasteiger partial charge in [0.15, 0.2) is 9.84 Å². The summed E-state index contributed by atoms with van der Waals surface area (Å²) in [5.74, 6) is -1.54. The van der Waals surface area contributed by atoms with Crippen LogP contribution in [0.5, 0.6) is 0 Å². The highest BCUT2D eigenvalue weighted by Crippen LogP contribution is 1.97. The molecule has 13 heavy (non-hydrogen) atoms. The summed E-state index contributed by atoms with van der Waals surface area (Å²) in [6.07, 6.45) is -0.0587. The second-order valence-electron chi connectivity index (χ2n) is 2.56. The van der Waals surface area contributed by atoms with Gasteiger partial charge in [-0.05, 0) is 6.42 Å². The van der Waals surface area contributed by atoms with Crippen molar-refractivity contribution in [2.75, 3.05) is 11.5 Å². The Morgan fingerprint density at radius 3 is 2.38 bits per heavy atom. The van der Waals surface area contributed by atoms with Crippen molar-refractivity contribution in [3.8, 4) is 0 Å². The Balaban J connectivity index is 3.91. The minimum atomic E-state index is -3.31. The molecule has 5 nitrogen and oxygen atoms in total. The molecule has 0 aromatic rings. The third-order valence-corrected chi connectivity index (χ3v) is 3.20. The summed E-state index contributed by atoms with van der Waals surface area (Å²) in [4.78, 5) is 9.97. The molecule has 0 spiro atoms. The Morgan fingerprint density at radius 1 is 1.46 bits per heavy atom. The van der Waals surface area contributed by atoms with Crippen LogP contribution in [0.2, 0.25) is 0 Å². The van der Waals surface area contributed by atoms with E-state index >= 15 is 0 Å². The second kappa shape index (κ2) is 5.13. The quantitative estimate of drug-likeness (QED) is 0.594. The standard InChI is InChI=1S/C6H11NO4S2/c7-5(12)4-13(10,11)3-1-2-6(8)9/h1-4H2,(H2,7,12)(H,8,9). The van der Waals surface area contributed by atoms with Gasteiger partial charge in [0.25, 0.3) is 0 Å². The highest BCUT2D eigenvalue weighted by atomic mass is 32.2. The van der Waals surface area contributed by atoms with Crippen molar-refractivity contribution >= 4 is 33.0 Å². The van der Waals surface area contributed by atoms with Crippen molar-refractivity contribution < 1.29 is 18.3 Å². The monoisotopic (exact) mass is 225 g/mol. The number of aliphatic carboxylic acids is 1. The van der Waals surface area contributed by atoms with Crippen LogP contribution in [0.3, 0.4) is 0 Å². The highest BCUT2D eigenvalue weighted by molar-refractivity contribution is 7.93. The molecule has 0 aromatic heterocycles. The van der Waals surface area contributed by atoms with Crippen LogP contribution in [0.1, 0.15) is 12.8 Å². The van der Waals surface area contributed by atoms with Crippen LogP contribution < -0.4 is 5.73 Å². The summed E-state index contributed by atoms with van der Waals surface area (Å²) < 4.78 is 22.1. The third kappa shape index (κ3) is 7.66. The molecule has 0 fully saturated rings. The van der Waals surface area contributed by atoms with Crippen molar-refractivity contribution in [2.24, 2.45) is 5.73 Å². The SMILES string of the molecule is NC(=S)CS(=O)(=O)CCCC(=O)O. The lowest BCUT2D eigenvalue weighted by Gasteiger charge is -2.00. The van der Waals surface area contributed by atoms with Gasteiger partial charge in [0, 0.05) is 6.42 Å². The van der Waals surface area contributed by atoms with Gasteiger partial charge in [-0.2, -0.15) is 0 Å². The van der Waals surface area contributed by atoms with E-state index in [1.54, 1.807) is 0 Å². The van der Waals surface area contributed by atoms with Crippen molar-refractivity contribution in [1.29, 1.82) is 0 Å². The van der Waals surface area contributed by atoms with Gasteiger partial charge in [-0.25, -0.2) is 8.42 Å². The fraction of sp³-hybridized carbons (Fsp3) is 0.667. The molecular weight excluding hydrogens is 214 g/mol. The predicted octanol–water partition coefficient (Wildman–Crippen LogP) is -0.448. The number of hydrogen-bond acceptors (Lipinski definition) is 4. The average Bonchev–Trinajstić information content (AvgIpc) is 1.81. The number of carboxylic acids is 1. The molecule has 0 aliphatic rings. The molecule has 0 radical (unpaired) electrons. The van der Waals surface area contributed by atoms with E-state index < -0.39 is 15.8 Å². The molecule has 7 heteroatoms. The zero-order valence-electron chi connectivity index (χ0n) is 6.89. The Bertz CT molecular complexity index is 296. The van der Waals surface area contributed by atoms with E-state index in [1.807, 2.05) is 0 Å². The Morgan fingerprint density at radius 2 is 2.00 bits per heavy atom. The predicted molar refractivity (Wildman–Crippen MR) is 52.3 cm³/mol. The molecule has 0 amide bonds. The fourth-order valence-electron chi connectivity index (χ4n) is 0.732. The van der Waals surface area contributed by atoms with Crippen LogP contribution in [0, 0.1) is 0 Å². The zero-order valence-corrected chi connectivity index (χ0v) is 8.53. The summed E-state index contributed by atoms with van der Waals surface area (Å²) >= 11 is 4.43. The fourth-order valence-corrected chi connectivity index (χ4v) is 2.43. The van der Waals surface area contributed by atoms with Crippen molar-refractivity contribution in [1.82, 2.24) is 0 Å². The summed E-state index contributed by atoms with van der Waals surface area (Å²) in [5, 5.41) is 8.25. The van der Waals surface area contributed by atoms with Gasteiger partial charge < -0.3 is 10.8 Å². The lowest BCUT2D eigenvalue weighted by Crippen LogP contribution is -2.23. The molecule has 0 bridgehead atoms. The van der Waals surface area contributed by atoms with E-state index in [2.05, 4.69) is 12.2 Å². The number of thiocarbonyl (C=S) groups is 1. The van der Waals surface area contributed by atoms with Crippen LogP contribution in [-0.2, 0) is 14.6 Å². The van der Waals surface area contributed by atoms with Gasteiger partial charge in [-0.15, -0.1) is 0 Å². The maximum Gasteiger partial charge on any atom is 0.303 e. The van der Waals surface area contributed by atoms with Crippen LogP contribution in [0.4, 0.5) is 0 Å². The first-order valence-electron chi connectivity index (χ1n) is 3.54. The summed E-state index contributed by atoms with van der Waals surface area (Å²) in [5.41, 5.74) is 5.05. The van der Waals surface area contributed by atoms with E-state index in [0.717, 1.165) is 0 Å². The summed E-state index contributed by atoms with van der Waals surface area (Å²) in [6, 6.07) is 0. The van der Waals surface area contributed by atoms with Gasteiger partial charge in [0.2, 0.25) is 0 Å². The first kappa shape index (κ1) is 12.3. The molecule has 0 unspecified atom stereocenters. The number of rotatable bonds is 6.